The van der Waals surface area contributed by atoms with Gasteiger partial charge in [0, 0.05) is 12.6 Å². The predicted molar refractivity (Wildman–Crippen MR) is 77.8 cm³/mol. The SMILES string of the molecule is CCCN(CCC)CC(NC1CC1)(C(N)=O)C1CC1. The lowest BCUT2D eigenvalue weighted by atomic mass is 9.90. The van der Waals surface area contributed by atoms with Crippen LogP contribution in [0.1, 0.15) is 52.4 Å². The largest absolute Gasteiger partial charge is 0.368 e. The first-order chi connectivity index (χ1) is 9.12. The van der Waals surface area contributed by atoms with E-state index in [1.54, 1.807) is 0 Å². The Bertz CT molecular complexity index is 307. The van der Waals surface area contributed by atoms with Gasteiger partial charge in [-0.3, -0.25) is 10.1 Å². The highest BCUT2D eigenvalue weighted by Crippen LogP contribution is 2.42. The van der Waals surface area contributed by atoms with Crippen molar-refractivity contribution in [3.05, 3.63) is 0 Å². The summed E-state index contributed by atoms with van der Waals surface area (Å²) < 4.78 is 0. The maximum Gasteiger partial charge on any atom is 0.239 e. The molecule has 2 aliphatic carbocycles. The number of hydrogen-bond acceptors (Lipinski definition) is 3. The molecule has 0 radical (unpaired) electrons. The van der Waals surface area contributed by atoms with Crippen molar-refractivity contribution in [1.82, 2.24) is 10.2 Å². The van der Waals surface area contributed by atoms with Gasteiger partial charge in [0.05, 0.1) is 0 Å². The zero-order chi connectivity index (χ0) is 13.9. The monoisotopic (exact) mass is 267 g/mol. The maximum atomic E-state index is 12.1. The molecule has 0 aromatic carbocycles. The van der Waals surface area contributed by atoms with Crippen LogP contribution in [0.4, 0.5) is 0 Å². The maximum absolute atomic E-state index is 12.1. The summed E-state index contributed by atoms with van der Waals surface area (Å²) >= 11 is 0. The van der Waals surface area contributed by atoms with Gasteiger partial charge in [-0.1, -0.05) is 13.8 Å². The molecule has 0 spiro atoms. The number of amides is 1. The van der Waals surface area contributed by atoms with Gasteiger partial charge < -0.3 is 10.6 Å². The van der Waals surface area contributed by atoms with Gasteiger partial charge in [0.2, 0.25) is 5.91 Å². The van der Waals surface area contributed by atoms with Crippen LogP contribution in [-0.4, -0.2) is 42.0 Å². The Labute approximate surface area is 117 Å². The summed E-state index contributed by atoms with van der Waals surface area (Å²) in [6, 6.07) is 0.526. The average Bonchev–Trinajstić information content (AvgIpc) is 3.22. The van der Waals surface area contributed by atoms with E-state index in [-0.39, 0.29) is 5.91 Å². The quantitative estimate of drug-likeness (QED) is 0.630. The van der Waals surface area contributed by atoms with E-state index in [0.29, 0.717) is 12.0 Å². The minimum Gasteiger partial charge on any atom is -0.368 e. The Kier molecular flexibility index (Phi) is 4.85. The van der Waals surface area contributed by atoms with Crippen LogP contribution in [0.25, 0.3) is 0 Å². The molecule has 0 heterocycles. The smallest absolute Gasteiger partial charge is 0.239 e. The summed E-state index contributed by atoms with van der Waals surface area (Å²) in [5, 5.41) is 3.60. The minimum absolute atomic E-state index is 0.140. The standard InChI is InChI=1S/C15H29N3O/c1-3-9-18(10-4-2)11-15(14(16)19,12-5-6-12)17-13-7-8-13/h12-13,17H,3-11H2,1-2H3,(H2,16,19). The zero-order valence-corrected chi connectivity index (χ0v) is 12.5. The Morgan fingerprint density at radius 1 is 1.21 bits per heavy atom. The Morgan fingerprint density at radius 2 is 1.79 bits per heavy atom. The molecule has 0 aromatic rings. The third-order valence-electron chi connectivity index (χ3n) is 4.31. The molecule has 1 atom stereocenters. The van der Waals surface area contributed by atoms with Crippen molar-refractivity contribution >= 4 is 5.91 Å². The number of nitrogens with one attached hydrogen (secondary N) is 1. The molecule has 0 aromatic heterocycles. The molecular formula is C15H29N3O. The molecule has 110 valence electrons. The lowest BCUT2D eigenvalue weighted by molar-refractivity contribution is -0.126. The molecule has 2 rings (SSSR count). The Hall–Kier alpha value is -0.610. The van der Waals surface area contributed by atoms with Crippen molar-refractivity contribution in [2.75, 3.05) is 19.6 Å². The molecule has 2 fully saturated rings. The first kappa shape index (κ1) is 14.8. The molecular weight excluding hydrogens is 238 g/mol. The number of carbonyl (C=O) groups excluding carboxylic acids is 1. The first-order valence-corrected chi connectivity index (χ1v) is 7.92. The summed E-state index contributed by atoms with van der Waals surface area (Å²) in [5.41, 5.74) is 5.33. The van der Waals surface area contributed by atoms with E-state index in [9.17, 15) is 4.79 Å². The van der Waals surface area contributed by atoms with E-state index in [4.69, 9.17) is 5.73 Å². The number of rotatable bonds is 10. The summed E-state index contributed by atoms with van der Waals surface area (Å²) in [7, 11) is 0. The lowest BCUT2D eigenvalue weighted by Gasteiger charge is -2.37. The predicted octanol–water partition coefficient (Wildman–Crippen LogP) is 1.49. The van der Waals surface area contributed by atoms with E-state index in [0.717, 1.165) is 45.3 Å². The van der Waals surface area contributed by atoms with Crippen LogP contribution in [0.15, 0.2) is 0 Å². The second-order valence-electron chi connectivity index (χ2n) is 6.30. The van der Waals surface area contributed by atoms with E-state index >= 15 is 0 Å². The van der Waals surface area contributed by atoms with Crippen molar-refractivity contribution in [3.8, 4) is 0 Å². The number of hydrogen-bond donors (Lipinski definition) is 2. The van der Waals surface area contributed by atoms with Crippen LogP contribution in [-0.2, 0) is 4.79 Å². The fourth-order valence-corrected chi connectivity index (χ4v) is 3.07. The van der Waals surface area contributed by atoms with Crippen LogP contribution in [0, 0.1) is 5.92 Å². The second-order valence-corrected chi connectivity index (χ2v) is 6.30. The Morgan fingerprint density at radius 3 is 2.16 bits per heavy atom. The highest BCUT2D eigenvalue weighted by molar-refractivity contribution is 5.86. The molecule has 0 saturated heterocycles. The zero-order valence-electron chi connectivity index (χ0n) is 12.5. The Balaban J connectivity index is 2.07. The first-order valence-electron chi connectivity index (χ1n) is 7.92. The van der Waals surface area contributed by atoms with Crippen molar-refractivity contribution < 1.29 is 4.79 Å². The van der Waals surface area contributed by atoms with Gasteiger partial charge in [-0.15, -0.1) is 0 Å². The highest BCUT2D eigenvalue weighted by atomic mass is 16.1. The molecule has 0 bridgehead atoms. The molecule has 1 amide bonds. The summed E-state index contributed by atoms with van der Waals surface area (Å²) in [6.45, 7) is 7.30. The van der Waals surface area contributed by atoms with Crippen LogP contribution in [0.3, 0.4) is 0 Å². The van der Waals surface area contributed by atoms with Gasteiger partial charge in [0.15, 0.2) is 0 Å². The molecule has 3 N–H and O–H groups in total. The molecule has 19 heavy (non-hydrogen) atoms. The molecule has 0 aliphatic heterocycles. The van der Waals surface area contributed by atoms with Crippen LogP contribution < -0.4 is 11.1 Å². The van der Waals surface area contributed by atoms with E-state index < -0.39 is 5.54 Å². The number of primary amides is 1. The van der Waals surface area contributed by atoms with Gasteiger partial charge in [0.1, 0.15) is 5.54 Å². The number of nitrogens with two attached hydrogens (primary N) is 1. The highest BCUT2D eigenvalue weighted by Gasteiger charge is 2.52. The molecule has 2 aliphatic rings. The average molecular weight is 267 g/mol. The summed E-state index contributed by atoms with van der Waals surface area (Å²) in [4.78, 5) is 14.6. The van der Waals surface area contributed by atoms with Gasteiger partial charge in [-0.25, -0.2) is 0 Å². The van der Waals surface area contributed by atoms with Gasteiger partial charge in [-0.2, -0.15) is 0 Å². The number of nitrogens with zero attached hydrogens (tertiary/aromatic N) is 1. The van der Waals surface area contributed by atoms with Gasteiger partial charge in [0.25, 0.3) is 0 Å². The molecule has 1 unspecified atom stereocenters. The van der Waals surface area contributed by atoms with Crippen molar-refractivity contribution in [1.29, 1.82) is 0 Å². The molecule has 4 heteroatoms. The topological polar surface area (TPSA) is 58.4 Å². The fourth-order valence-electron chi connectivity index (χ4n) is 3.07. The van der Waals surface area contributed by atoms with Gasteiger partial charge in [-0.05, 0) is 57.5 Å². The van der Waals surface area contributed by atoms with E-state index in [1.165, 1.54) is 12.8 Å². The van der Waals surface area contributed by atoms with Crippen LogP contribution in [0.2, 0.25) is 0 Å². The van der Waals surface area contributed by atoms with Crippen molar-refractivity contribution in [2.45, 2.75) is 64.0 Å². The summed E-state index contributed by atoms with van der Waals surface area (Å²) in [6.07, 6.45) is 6.95. The third kappa shape index (κ3) is 3.69. The lowest BCUT2D eigenvalue weighted by Crippen LogP contribution is -2.64. The van der Waals surface area contributed by atoms with Crippen molar-refractivity contribution in [3.63, 3.8) is 0 Å². The minimum atomic E-state index is -0.467. The second kappa shape index (κ2) is 6.23. The van der Waals surface area contributed by atoms with E-state index in [2.05, 4.69) is 24.1 Å². The normalized spacial score (nSPS) is 22.5. The molecule has 4 nitrogen and oxygen atoms in total. The fraction of sp³-hybridized carbons (Fsp3) is 0.933. The van der Waals surface area contributed by atoms with Crippen LogP contribution >= 0.6 is 0 Å². The van der Waals surface area contributed by atoms with Crippen LogP contribution in [0.5, 0.6) is 0 Å². The van der Waals surface area contributed by atoms with Gasteiger partial charge >= 0.3 is 0 Å². The third-order valence-corrected chi connectivity index (χ3v) is 4.31. The van der Waals surface area contributed by atoms with Crippen molar-refractivity contribution in [2.24, 2.45) is 11.7 Å². The summed E-state index contributed by atoms with van der Waals surface area (Å²) in [5.74, 6) is 0.320. The molecule has 2 saturated carbocycles. The number of carbonyl (C=O) groups is 1. The van der Waals surface area contributed by atoms with E-state index in [1.807, 2.05) is 0 Å².